The second-order valence-electron chi connectivity index (χ2n) is 7.25. The molecule has 0 saturated heterocycles. The highest BCUT2D eigenvalue weighted by atomic mass is 79.9. The molecule has 1 heterocycles. The van der Waals surface area contributed by atoms with Crippen LogP contribution in [0.1, 0.15) is 45.6 Å². The van der Waals surface area contributed by atoms with Gasteiger partial charge in [0.1, 0.15) is 0 Å². The number of nitrogens with one attached hydrogen (secondary N) is 1. The molecule has 3 unspecified atom stereocenters. The summed E-state index contributed by atoms with van der Waals surface area (Å²) in [5, 5.41) is 3.53. The van der Waals surface area contributed by atoms with Gasteiger partial charge in [0.15, 0.2) is 0 Å². The van der Waals surface area contributed by atoms with Crippen LogP contribution >= 0.6 is 15.9 Å². The van der Waals surface area contributed by atoms with Gasteiger partial charge in [0.2, 0.25) is 0 Å². The third kappa shape index (κ3) is 4.05. The first-order valence-corrected chi connectivity index (χ1v) is 8.46. The quantitative estimate of drug-likeness (QED) is 0.881. The fraction of sp³-hybridized carbons (Fsp3) is 0.706. The van der Waals surface area contributed by atoms with Crippen molar-refractivity contribution in [3.63, 3.8) is 0 Å². The molecule has 3 heteroatoms. The zero-order valence-electron chi connectivity index (χ0n) is 13.1. The van der Waals surface area contributed by atoms with Crippen molar-refractivity contribution >= 4 is 15.9 Å². The molecule has 1 fully saturated rings. The van der Waals surface area contributed by atoms with Gasteiger partial charge in [-0.3, -0.25) is 4.98 Å². The molecule has 2 nitrogen and oxygen atoms in total. The summed E-state index contributed by atoms with van der Waals surface area (Å²) in [5.74, 6) is 1.55. The van der Waals surface area contributed by atoms with E-state index < -0.39 is 0 Å². The SMILES string of the molecule is CNC1CCC(C(C)(C)C)CC1Cc1cncc(Br)c1. The van der Waals surface area contributed by atoms with Gasteiger partial charge in [0, 0.05) is 22.9 Å². The number of aromatic nitrogens is 1. The summed E-state index contributed by atoms with van der Waals surface area (Å²) < 4.78 is 1.08. The smallest absolute Gasteiger partial charge is 0.0410 e. The zero-order valence-corrected chi connectivity index (χ0v) is 14.7. The van der Waals surface area contributed by atoms with Crippen molar-refractivity contribution in [2.45, 2.75) is 52.5 Å². The number of nitrogens with zero attached hydrogens (tertiary/aromatic N) is 1. The highest BCUT2D eigenvalue weighted by Gasteiger charge is 2.35. The van der Waals surface area contributed by atoms with Gasteiger partial charge in [0.25, 0.3) is 0 Å². The average Bonchev–Trinajstić information content (AvgIpc) is 2.37. The first-order valence-electron chi connectivity index (χ1n) is 7.67. The lowest BCUT2D eigenvalue weighted by Crippen LogP contribution is -2.42. The van der Waals surface area contributed by atoms with Crippen LogP contribution in [0, 0.1) is 17.3 Å². The summed E-state index contributed by atoms with van der Waals surface area (Å²) in [5.41, 5.74) is 1.77. The van der Waals surface area contributed by atoms with Gasteiger partial charge in [-0.25, -0.2) is 0 Å². The van der Waals surface area contributed by atoms with E-state index in [2.05, 4.69) is 60.1 Å². The number of hydrogen-bond donors (Lipinski definition) is 1. The van der Waals surface area contributed by atoms with Crippen LogP contribution in [0.25, 0.3) is 0 Å². The zero-order chi connectivity index (χ0) is 14.8. The van der Waals surface area contributed by atoms with Gasteiger partial charge in [-0.2, -0.15) is 0 Å². The Morgan fingerprint density at radius 3 is 2.65 bits per heavy atom. The fourth-order valence-corrected chi connectivity index (χ4v) is 3.94. The standard InChI is InChI=1S/C17H27BrN2/c1-17(2,3)14-5-6-16(19-4)13(9-14)7-12-8-15(18)11-20-10-12/h8,10-11,13-14,16,19H,5-7,9H2,1-4H3. The van der Waals surface area contributed by atoms with E-state index in [4.69, 9.17) is 0 Å². The first kappa shape index (κ1) is 16.0. The lowest BCUT2D eigenvalue weighted by Gasteiger charge is -2.42. The second kappa shape index (κ2) is 6.57. The minimum absolute atomic E-state index is 0.423. The predicted octanol–water partition coefficient (Wildman–Crippen LogP) is 4.44. The van der Waals surface area contributed by atoms with E-state index in [1.54, 1.807) is 0 Å². The largest absolute Gasteiger partial charge is 0.317 e. The van der Waals surface area contributed by atoms with Gasteiger partial charge < -0.3 is 5.32 Å². The maximum absolute atomic E-state index is 4.30. The second-order valence-corrected chi connectivity index (χ2v) is 8.16. The molecule has 1 aromatic heterocycles. The van der Waals surface area contributed by atoms with E-state index in [-0.39, 0.29) is 0 Å². The topological polar surface area (TPSA) is 24.9 Å². The number of rotatable bonds is 3. The highest BCUT2D eigenvalue weighted by Crippen LogP contribution is 2.41. The van der Waals surface area contributed by atoms with Crippen LogP contribution in [-0.4, -0.2) is 18.1 Å². The minimum atomic E-state index is 0.423. The van der Waals surface area contributed by atoms with Crippen molar-refractivity contribution in [1.29, 1.82) is 0 Å². The maximum Gasteiger partial charge on any atom is 0.0410 e. The molecule has 0 aliphatic heterocycles. The molecule has 0 spiro atoms. The van der Waals surface area contributed by atoms with Crippen LogP contribution in [0.2, 0.25) is 0 Å². The Kier molecular flexibility index (Phi) is 5.25. The Balaban J connectivity index is 2.09. The van der Waals surface area contributed by atoms with Crippen LogP contribution in [0.4, 0.5) is 0 Å². The average molecular weight is 339 g/mol. The van der Waals surface area contributed by atoms with Gasteiger partial charge >= 0.3 is 0 Å². The van der Waals surface area contributed by atoms with E-state index in [1.165, 1.54) is 24.8 Å². The number of halogens is 1. The molecule has 0 amide bonds. The molecule has 0 aromatic carbocycles. The summed E-state index contributed by atoms with van der Waals surface area (Å²) in [6.45, 7) is 7.15. The van der Waals surface area contributed by atoms with Crippen molar-refractivity contribution in [3.05, 3.63) is 28.5 Å². The van der Waals surface area contributed by atoms with Crippen LogP contribution in [0.5, 0.6) is 0 Å². The summed E-state index contributed by atoms with van der Waals surface area (Å²) >= 11 is 3.52. The molecule has 20 heavy (non-hydrogen) atoms. The van der Waals surface area contributed by atoms with Gasteiger partial charge in [-0.1, -0.05) is 20.8 Å². The molecule has 1 N–H and O–H groups in total. The van der Waals surface area contributed by atoms with Gasteiger partial charge in [0.05, 0.1) is 0 Å². The van der Waals surface area contributed by atoms with Crippen LogP contribution in [-0.2, 0) is 6.42 Å². The number of hydrogen-bond acceptors (Lipinski definition) is 2. The van der Waals surface area contributed by atoms with Crippen LogP contribution in [0.15, 0.2) is 22.9 Å². The molecule has 1 aromatic rings. The molecule has 0 radical (unpaired) electrons. The molecule has 2 rings (SSSR count). The minimum Gasteiger partial charge on any atom is -0.317 e. The Labute approximate surface area is 131 Å². The fourth-order valence-electron chi connectivity index (χ4n) is 3.53. The summed E-state index contributed by atoms with van der Waals surface area (Å²) in [6, 6.07) is 2.85. The summed E-state index contributed by atoms with van der Waals surface area (Å²) in [6.07, 6.45) is 8.97. The monoisotopic (exact) mass is 338 g/mol. The number of pyridine rings is 1. The molecule has 1 aliphatic rings. The van der Waals surface area contributed by atoms with Crippen molar-refractivity contribution in [2.24, 2.45) is 17.3 Å². The molecular formula is C17H27BrN2. The molecule has 1 aliphatic carbocycles. The van der Waals surface area contributed by atoms with E-state index in [1.807, 2.05) is 12.4 Å². The van der Waals surface area contributed by atoms with Gasteiger partial charge in [-0.15, -0.1) is 0 Å². The van der Waals surface area contributed by atoms with Crippen molar-refractivity contribution in [3.8, 4) is 0 Å². The lowest BCUT2D eigenvalue weighted by atomic mass is 9.66. The van der Waals surface area contributed by atoms with E-state index in [9.17, 15) is 0 Å². The Morgan fingerprint density at radius 2 is 2.05 bits per heavy atom. The van der Waals surface area contributed by atoms with E-state index in [0.29, 0.717) is 17.4 Å². The van der Waals surface area contributed by atoms with Crippen molar-refractivity contribution < 1.29 is 0 Å². The molecule has 1 saturated carbocycles. The predicted molar refractivity (Wildman–Crippen MR) is 88.8 cm³/mol. The third-order valence-electron chi connectivity index (χ3n) is 4.84. The summed E-state index contributed by atoms with van der Waals surface area (Å²) in [4.78, 5) is 4.30. The normalized spacial score (nSPS) is 27.6. The summed E-state index contributed by atoms with van der Waals surface area (Å²) in [7, 11) is 2.11. The lowest BCUT2D eigenvalue weighted by molar-refractivity contribution is 0.116. The Hall–Kier alpha value is -0.410. The highest BCUT2D eigenvalue weighted by molar-refractivity contribution is 9.10. The van der Waals surface area contributed by atoms with Crippen LogP contribution in [0.3, 0.4) is 0 Å². The van der Waals surface area contributed by atoms with Gasteiger partial charge in [-0.05, 0) is 77.5 Å². The van der Waals surface area contributed by atoms with Crippen molar-refractivity contribution in [1.82, 2.24) is 10.3 Å². The van der Waals surface area contributed by atoms with E-state index in [0.717, 1.165) is 16.8 Å². The first-order chi connectivity index (χ1) is 9.40. The molecule has 112 valence electrons. The Morgan fingerprint density at radius 1 is 1.30 bits per heavy atom. The maximum atomic E-state index is 4.30. The van der Waals surface area contributed by atoms with E-state index >= 15 is 0 Å². The molecular weight excluding hydrogens is 312 g/mol. The molecule has 3 atom stereocenters. The third-order valence-corrected chi connectivity index (χ3v) is 5.27. The molecule has 0 bridgehead atoms. The van der Waals surface area contributed by atoms with Crippen LogP contribution < -0.4 is 5.32 Å². The van der Waals surface area contributed by atoms with Crippen molar-refractivity contribution in [2.75, 3.05) is 7.05 Å². The Bertz CT molecular complexity index is 439.